The maximum absolute atomic E-state index is 12.3. The highest BCUT2D eigenvalue weighted by atomic mass is 16.2. The van der Waals surface area contributed by atoms with E-state index in [2.05, 4.69) is 0 Å². The molecule has 1 rings (SSSR count). The molecule has 112 valence electrons. The predicted octanol–water partition coefficient (Wildman–Crippen LogP) is 1.62. The number of hydrogen-bond donors (Lipinski definition) is 0. The zero-order valence-electron chi connectivity index (χ0n) is 12.7. The highest BCUT2D eigenvalue weighted by Crippen LogP contribution is 2.17. The van der Waals surface area contributed by atoms with E-state index in [1.807, 2.05) is 26.0 Å². The third-order valence-electron chi connectivity index (χ3n) is 3.37. The zero-order valence-corrected chi connectivity index (χ0v) is 12.7. The summed E-state index contributed by atoms with van der Waals surface area (Å²) in [4.78, 5) is 27.3. The fourth-order valence-electron chi connectivity index (χ4n) is 2.10. The third-order valence-corrected chi connectivity index (χ3v) is 3.37. The number of carbonyl (C=O) groups excluding carboxylic acids is 2. The van der Waals surface area contributed by atoms with Gasteiger partial charge in [-0.25, -0.2) is 0 Å². The first-order valence-electron chi connectivity index (χ1n) is 7.02. The molecule has 0 saturated carbocycles. The Morgan fingerprint density at radius 3 is 2.24 bits per heavy atom. The summed E-state index contributed by atoms with van der Waals surface area (Å²) >= 11 is 0. The molecule has 1 aromatic carbocycles. The summed E-state index contributed by atoms with van der Waals surface area (Å²) in [6.07, 6.45) is 0. The Labute approximate surface area is 125 Å². The molecular weight excluding hydrogens is 266 g/mol. The maximum Gasteiger partial charge on any atom is 0.244 e. The zero-order chi connectivity index (χ0) is 15.8. The van der Waals surface area contributed by atoms with Crippen molar-refractivity contribution in [3.05, 3.63) is 35.9 Å². The van der Waals surface area contributed by atoms with E-state index in [1.54, 1.807) is 36.2 Å². The molecule has 0 aliphatic carbocycles. The van der Waals surface area contributed by atoms with Crippen LogP contribution in [0, 0.1) is 11.3 Å². The van der Waals surface area contributed by atoms with Crippen molar-refractivity contribution in [1.82, 2.24) is 9.80 Å². The molecule has 5 heteroatoms. The summed E-state index contributed by atoms with van der Waals surface area (Å²) in [6, 6.07) is 10.9. The highest BCUT2D eigenvalue weighted by Gasteiger charge is 2.25. The highest BCUT2D eigenvalue weighted by molar-refractivity contribution is 5.90. The summed E-state index contributed by atoms with van der Waals surface area (Å²) in [5.41, 5.74) is 0.645. The van der Waals surface area contributed by atoms with Crippen LogP contribution in [0.2, 0.25) is 0 Å². The van der Waals surface area contributed by atoms with Crippen molar-refractivity contribution in [1.29, 1.82) is 5.26 Å². The molecule has 0 radical (unpaired) electrons. The van der Waals surface area contributed by atoms with Gasteiger partial charge in [0.25, 0.3) is 0 Å². The fourth-order valence-corrected chi connectivity index (χ4v) is 2.10. The van der Waals surface area contributed by atoms with Gasteiger partial charge in [0.15, 0.2) is 0 Å². The van der Waals surface area contributed by atoms with Crippen molar-refractivity contribution in [2.45, 2.75) is 19.8 Å². The standard InChI is InChI=1S/C16H21N3O2/c1-4-19(5-2)15(20)12-18(3)16(21)14(11-17)13-9-7-6-8-10-13/h6-10,14H,4-5,12H2,1-3H3. The lowest BCUT2D eigenvalue weighted by atomic mass is 9.99. The van der Waals surface area contributed by atoms with Gasteiger partial charge in [-0.15, -0.1) is 0 Å². The normalized spacial score (nSPS) is 11.3. The second-order valence-electron chi connectivity index (χ2n) is 4.73. The topological polar surface area (TPSA) is 64.4 Å². The minimum Gasteiger partial charge on any atom is -0.342 e. The number of nitrogens with zero attached hydrogens (tertiary/aromatic N) is 3. The summed E-state index contributed by atoms with van der Waals surface area (Å²) in [7, 11) is 1.55. The van der Waals surface area contributed by atoms with Crippen LogP contribution in [-0.2, 0) is 9.59 Å². The van der Waals surface area contributed by atoms with Gasteiger partial charge < -0.3 is 9.80 Å². The van der Waals surface area contributed by atoms with E-state index < -0.39 is 5.92 Å². The Hall–Kier alpha value is -2.35. The van der Waals surface area contributed by atoms with E-state index in [1.165, 1.54) is 4.90 Å². The number of amides is 2. The molecule has 0 heterocycles. The van der Waals surface area contributed by atoms with E-state index in [0.717, 1.165) is 0 Å². The first-order chi connectivity index (χ1) is 10.0. The van der Waals surface area contributed by atoms with Gasteiger partial charge in [0.1, 0.15) is 5.92 Å². The quantitative estimate of drug-likeness (QED) is 0.798. The molecule has 0 spiro atoms. The molecule has 0 saturated heterocycles. The first kappa shape index (κ1) is 16.7. The van der Waals surface area contributed by atoms with Crippen molar-refractivity contribution in [3.8, 4) is 6.07 Å². The van der Waals surface area contributed by atoms with Crippen LogP contribution in [-0.4, -0.2) is 48.3 Å². The van der Waals surface area contributed by atoms with Gasteiger partial charge in [0, 0.05) is 20.1 Å². The Bertz CT molecular complexity index is 518. The molecule has 0 bridgehead atoms. The van der Waals surface area contributed by atoms with Gasteiger partial charge in [-0.3, -0.25) is 9.59 Å². The van der Waals surface area contributed by atoms with Crippen molar-refractivity contribution in [2.75, 3.05) is 26.7 Å². The molecule has 21 heavy (non-hydrogen) atoms. The number of likely N-dealkylation sites (N-methyl/N-ethyl adjacent to an activating group) is 2. The van der Waals surface area contributed by atoms with E-state index in [9.17, 15) is 14.9 Å². The molecule has 0 fully saturated rings. The van der Waals surface area contributed by atoms with Crippen molar-refractivity contribution < 1.29 is 9.59 Å². The maximum atomic E-state index is 12.3. The van der Waals surface area contributed by atoms with E-state index in [-0.39, 0.29) is 18.4 Å². The Morgan fingerprint density at radius 2 is 1.76 bits per heavy atom. The summed E-state index contributed by atoms with van der Waals surface area (Å²) in [5.74, 6) is -1.34. The van der Waals surface area contributed by atoms with Crippen LogP contribution in [0.4, 0.5) is 0 Å². The number of carbonyl (C=O) groups is 2. The van der Waals surface area contributed by atoms with Crippen LogP contribution in [0.25, 0.3) is 0 Å². The van der Waals surface area contributed by atoms with E-state index >= 15 is 0 Å². The van der Waals surface area contributed by atoms with Crippen molar-refractivity contribution in [2.24, 2.45) is 0 Å². The second kappa shape index (κ2) is 8.05. The van der Waals surface area contributed by atoms with Crippen LogP contribution in [0.5, 0.6) is 0 Å². The fraction of sp³-hybridized carbons (Fsp3) is 0.438. The predicted molar refractivity (Wildman–Crippen MR) is 80.4 cm³/mol. The lowest BCUT2D eigenvalue weighted by Gasteiger charge is -2.24. The Kier molecular flexibility index (Phi) is 6.41. The average molecular weight is 287 g/mol. The van der Waals surface area contributed by atoms with Crippen LogP contribution >= 0.6 is 0 Å². The van der Waals surface area contributed by atoms with Crippen molar-refractivity contribution in [3.63, 3.8) is 0 Å². The molecule has 5 nitrogen and oxygen atoms in total. The number of nitriles is 1. The van der Waals surface area contributed by atoms with Crippen LogP contribution in [0.1, 0.15) is 25.3 Å². The molecular formula is C16H21N3O2. The third kappa shape index (κ3) is 4.32. The monoisotopic (exact) mass is 287 g/mol. The molecule has 2 amide bonds. The van der Waals surface area contributed by atoms with Gasteiger partial charge in [0.05, 0.1) is 12.6 Å². The summed E-state index contributed by atoms with van der Waals surface area (Å²) < 4.78 is 0. The molecule has 0 aromatic heterocycles. The SMILES string of the molecule is CCN(CC)C(=O)CN(C)C(=O)C(C#N)c1ccccc1. The van der Waals surface area contributed by atoms with Crippen molar-refractivity contribution >= 4 is 11.8 Å². The molecule has 0 N–H and O–H groups in total. The second-order valence-corrected chi connectivity index (χ2v) is 4.73. The average Bonchev–Trinajstić information content (AvgIpc) is 2.50. The van der Waals surface area contributed by atoms with Gasteiger partial charge >= 0.3 is 0 Å². The first-order valence-corrected chi connectivity index (χ1v) is 7.02. The Morgan fingerprint density at radius 1 is 1.19 bits per heavy atom. The lowest BCUT2D eigenvalue weighted by Crippen LogP contribution is -2.42. The number of rotatable bonds is 6. The van der Waals surface area contributed by atoms with E-state index in [0.29, 0.717) is 18.7 Å². The number of hydrogen-bond acceptors (Lipinski definition) is 3. The smallest absolute Gasteiger partial charge is 0.244 e. The van der Waals surface area contributed by atoms with E-state index in [4.69, 9.17) is 0 Å². The minimum atomic E-state index is -0.874. The summed E-state index contributed by atoms with van der Waals surface area (Å²) in [5, 5.41) is 9.24. The molecule has 0 aliphatic rings. The molecule has 1 aromatic rings. The Balaban J connectivity index is 2.78. The van der Waals surface area contributed by atoms with Gasteiger partial charge in [0.2, 0.25) is 11.8 Å². The van der Waals surface area contributed by atoms with Gasteiger partial charge in [-0.2, -0.15) is 5.26 Å². The van der Waals surface area contributed by atoms with Gasteiger partial charge in [-0.1, -0.05) is 30.3 Å². The van der Waals surface area contributed by atoms with Crippen LogP contribution < -0.4 is 0 Å². The number of benzene rings is 1. The summed E-state index contributed by atoms with van der Waals surface area (Å²) in [6.45, 7) is 5.00. The molecule has 1 unspecified atom stereocenters. The largest absolute Gasteiger partial charge is 0.342 e. The molecule has 1 atom stereocenters. The van der Waals surface area contributed by atoms with Gasteiger partial charge in [-0.05, 0) is 19.4 Å². The lowest BCUT2D eigenvalue weighted by molar-refractivity contribution is -0.139. The minimum absolute atomic E-state index is 0.00841. The van der Waals surface area contributed by atoms with Crippen LogP contribution in [0.15, 0.2) is 30.3 Å². The van der Waals surface area contributed by atoms with Crippen LogP contribution in [0.3, 0.4) is 0 Å². The molecule has 0 aliphatic heterocycles.